The molecule has 0 aliphatic rings. The molecule has 0 heterocycles. The van der Waals surface area contributed by atoms with Crippen molar-refractivity contribution in [3.05, 3.63) is 94.2 Å². The number of rotatable bonds is 10. The molecule has 10 heteroatoms. The predicted octanol–water partition coefficient (Wildman–Crippen LogP) is 5.03. The van der Waals surface area contributed by atoms with Gasteiger partial charge in [0.25, 0.3) is 10.0 Å². The molecule has 3 aromatic rings. The van der Waals surface area contributed by atoms with Crippen LogP contribution in [0.25, 0.3) is 0 Å². The van der Waals surface area contributed by atoms with E-state index in [9.17, 15) is 22.4 Å². The molecular weight excluding hydrogens is 573 g/mol. The van der Waals surface area contributed by atoms with Crippen molar-refractivity contribution in [1.82, 2.24) is 10.2 Å². The Balaban J connectivity index is 2.03. The molecule has 1 unspecified atom stereocenters. The first-order valence-corrected chi connectivity index (χ1v) is 14.3. The number of hydrogen-bond acceptors (Lipinski definition) is 4. The number of carbonyl (C=O) groups excluding carboxylic acids is 2. The Morgan fingerprint density at radius 1 is 0.974 bits per heavy atom. The van der Waals surface area contributed by atoms with Gasteiger partial charge in [-0.25, -0.2) is 12.8 Å². The van der Waals surface area contributed by atoms with Crippen molar-refractivity contribution < 1.29 is 22.4 Å². The normalized spacial score (nSPS) is 12.2. The Morgan fingerprint density at radius 3 is 2.18 bits per heavy atom. The van der Waals surface area contributed by atoms with E-state index in [-0.39, 0.29) is 29.1 Å². The van der Waals surface area contributed by atoms with Crippen LogP contribution in [0.3, 0.4) is 0 Å². The van der Waals surface area contributed by atoms with Crippen molar-refractivity contribution in [3.63, 3.8) is 0 Å². The van der Waals surface area contributed by atoms with Crippen LogP contribution < -0.4 is 9.62 Å². The summed E-state index contributed by atoms with van der Waals surface area (Å²) in [5.74, 6) is -1.40. The molecule has 0 saturated carbocycles. The van der Waals surface area contributed by atoms with Gasteiger partial charge in [-0.05, 0) is 75.7 Å². The summed E-state index contributed by atoms with van der Waals surface area (Å²) >= 11 is 3.37. The Morgan fingerprint density at radius 2 is 1.61 bits per heavy atom. The monoisotopic (exact) mass is 603 g/mol. The Kier molecular flexibility index (Phi) is 9.67. The van der Waals surface area contributed by atoms with Gasteiger partial charge >= 0.3 is 0 Å². The first-order valence-electron chi connectivity index (χ1n) is 12.1. The van der Waals surface area contributed by atoms with Crippen LogP contribution >= 0.6 is 15.9 Å². The summed E-state index contributed by atoms with van der Waals surface area (Å²) < 4.78 is 42.7. The number of benzene rings is 3. The highest BCUT2D eigenvalue weighted by molar-refractivity contribution is 9.10. The number of halogens is 2. The molecule has 0 bridgehead atoms. The zero-order valence-corrected chi connectivity index (χ0v) is 24.1. The molecule has 0 aliphatic heterocycles. The maximum Gasteiger partial charge on any atom is 0.264 e. The fourth-order valence-corrected chi connectivity index (χ4v) is 5.56. The van der Waals surface area contributed by atoms with Crippen molar-refractivity contribution in [2.45, 2.75) is 51.2 Å². The van der Waals surface area contributed by atoms with Crippen molar-refractivity contribution in [2.75, 3.05) is 10.8 Å². The van der Waals surface area contributed by atoms with E-state index in [1.165, 1.54) is 41.3 Å². The number of nitrogens with one attached hydrogen (secondary N) is 1. The van der Waals surface area contributed by atoms with Crippen molar-refractivity contribution in [1.29, 1.82) is 0 Å². The van der Waals surface area contributed by atoms with Crippen molar-refractivity contribution >= 4 is 43.5 Å². The maximum absolute atomic E-state index is 13.8. The zero-order chi connectivity index (χ0) is 28.0. The summed E-state index contributed by atoms with van der Waals surface area (Å²) in [7, 11) is -4.14. The van der Waals surface area contributed by atoms with E-state index in [0.717, 1.165) is 9.87 Å². The van der Waals surface area contributed by atoms with Crippen LogP contribution in [0.1, 0.15) is 31.9 Å². The zero-order valence-electron chi connectivity index (χ0n) is 21.7. The number of hydrogen-bond donors (Lipinski definition) is 1. The molecule has 2 amide bonds. The van der Waals surface area contributed by atoms with E-state index >= 15 is 0 Å². The third-order valence-electron chi connectivity index (χ3n) is 5.85. The van der Waals surface area contributed by atoms with Gasteiger partial charge in [-0.2, -0.15) is 0 Å². The Bertz CT molecular complexity index is 1380. The third kappa shape index (κ3) is 7.41. The van der Waals surface area contributed by atoms with Gasteiger partial charge in [0.05, 0.1) is 10.6 Å². The van der Waals surface area contributed by atoms with Gasteiger partial charge in [0.2, 0.25) is 11.8 Å². The number of nitrogens with zero attached hydrogens (tertiary/aromatic N) is 2. The van der Waals surface area contributed by atoms with E-state index < -0.39 is 34.3 Å². The predicted molar refractivity (Wildman–Crippen MR) is 150 cm³/mol. The lowest BCUT2D eigenvalue weighted by molar-refractivity contribution is -0.139. The van der Waals surface area contributed by atoms with E-state index in [0.29, 0.717) is 10.0 Å². The van der Waals surface area contributed by atoms with Gasteiger partial charge < -0.3 is 10.2 Å². The summed E-state index contributed by atoms with van der Waals surface area (Å²) in [5.41, 5.74) is 1.78. The van der Waals surface area contributed by atoms with Gasteiger partial charge in [-0.15, -0.1) is 0 Å². The number of sulfonamides is 1. The molecule has 0 fully saturated rings. The van der Waals surface area contributed by atoms with Gasteiger partial charge in [-0.3, -0.25) is 13.9 Å². The van der Waals surface area contributed by atoms with Crippen LogP contribution in [-0.4, -0.2) is 43.8 Å². The van der Waals surface area contributed by atoms with E-state index in [2.05, 4.69) is 21.2 Å². The van der Waals surface area contributed by atoms with Gasteiger partial charge in [-0.1, -0.05) is 51.8 Å². The highest BCUT2D eigenvalue weighted by Gasteiger charge is 2.32. The third-order valence-corrected chi connectivity index (χ3v) is 8.13. The summed E-state index contributed by atoms with van der Waals surface area (Å²) in [5, 5.41) is 2.80. The molecule has 38 heavy (non-hydrogen) atoms. The first kappa shape index (κ1) is 29.3. The summed E-state index contributed by atoms with van der Waals surface area (Å²) in [6.45, 7) is 6.48. The maximum atomic E-state index is 13.8. The minimum atomic E-state index is -4.14. The van der Waals surface area contributed by atoms with Crippen LogP contribution in [0.15, 0.2) is 82.2 Å². The summed E-state index contributed by atoms with van der Waals surface area (Å²) in [6.07, 6.45) is 0. The molecule has 3 aromatic carbocycles. The lowest BCUT2D eigenvalue weighted by Crippen LogP contribution is -2.52. The fraction of sp³-hybridized carbons (Fsp3) is 0.286. The molecule has 7 nitrogen and oxygen atoms in total. The SMILES string of the molecule is Cc1ccc(S(=O)(=O)N(CC(=O)N(Cc2ccc(F)cc2)C(C)C(=O)NC(C)C)c2cccc(Br)c2)cc1. The fourth-order valence-electron chi connectivity index (χ4n) is 3.77. The van der Waals surface area contributed by atoms with Gasteiger partial charge in [0, 0.05) is 17.1 Å². The molecule has 202 valence electrons. The van der Waals surface area contributed by atoms with Crippen LogP contribution in [0.4, 0.5) is 10.1 Å². The van der Waals surface area contributed by atoms with E-state index in [4.69, 9.17) is 0 Å². The number of anilines is 1. The molecule has 3 rings (SSSR count). The van der Waals surface area contributed by atoms with Crippen molar-refractivity contribution in [2.24, 2.45) is 0 Å². The summed E-state index contributed by atoms with van der Waals surface area (Å²) in [4.78, 5) is 28.0. The molecule has 0 aromatic heterocycles. The van der Waals surface area contributed by atoms with Gasteiger partial charge in [0.1, 0.15) is 18.4 Å². The molecule has 1 N–H and O–H groups in total. The van der Waals surface area contributed by atoms with Crippen LogP contribution in [0.2, 0.25) is 0 Å². The second-order valence-corrected chi connectivity index (χ2v) is 12.1. The number of carbonyl (C=O) groups is 2. The molecule has 0 aliphatic carbocycles. The summed E-state index contributed by atoms with van der Waals surface area (Å²) in [6, 6.07) is 17.5. The van der Waals surface area contributed by atoms with E-state index in [1.807, 2.05) is 6.92 Å². The standard InChI is InChI=1S/C28H31BrFN3O4S/c1-19(2)31-28(35)21(4)32(17-22-10-12-24(30)13-11-22)27(34)18-33(25-7-5-6-23(29)16-25)38(36,37)26-14-8-20(3)9-15-26/h5-16,19,21H,17-18H2,1-4H3,(H,31,35). The second-order valence-electron chi connectivity index (χ2n) is 9.29. The Hall–Kier alpha value is -3.24. The van der Waals surface area contributed by atoms with Crippen LogP contribution in [0, 0.1) is 12.7 Å². The Labute approximate surface area is 231 Å². The average Bonchev–Trinajstić information content (AvgIpc) is 2.86. The van der Waals surface area contributed by atoms with Crippen LogP contribution in [-0.2, 0) is 26.2 Å². The van der Waals surface area contributed by atoms with Crippen molar-refractivity contribution in [3.8, 4) is 0 Å². The second kappa shape index (κ2) is 12.5. The molecule has 0 saturated heterocycles. The van der Waals surface area contributed by atoms with Gasteiger partial charge in [0.15, 0.2) is 0 Å². The number of aryl methyl sites for hydroxylation is 1. The minimum absolute atomic E-state index is 0.0112. The van der Waals surface area contributed by atoms with Crippen LogP contribution in [0.5, 0.6) is 0 Å². The molecule has 0 radical (unpaired) electrons. The topological polar surface area (TPSA) is 86.8 Å². The molecular formula is C28H31BrFN3O4S. The average molecular weight is 605 g/mol. The molecule has 0 spiro atoms. The van der Waals surface area contributed by atoms with E-state index in [1.54, 1.807) is 57.2 Å². The number of amides is 2. The smallest absolute Gasteiger partial charge is 0.264 e. The largest absolute Gasteiger partial charge is 0.352 e. The highest BCUT2D eigenvalue weighted by Crippen LogP contribution is 2.27. The quantitative estimate of drug-likeness (QED) is 0.352. The minimum Gasteiger partial charge on any atom is -0.352 e. The first-order chi connectivity index (χ1) is 17.9. The molecule has 1 atom stereocenters. The lowest BCUT2D eigenvalue weighted by atomic mass is 10.1. The lowest BCUT2D eigenvalue weighted by Gasteiger charge is -2.32. The highest BCUT2D eigenvalue weighted by atomic mass is 79.9.